The van der Waals surface area contributed by atoms with Crippen LogP contribution in [0.5, 0.6) is 0 Å². The summed E-state index contributed by atoms with van der Waals surface area (Å²) in [6.45, 7) is 5.27. The third kappa shape index (κ3) is 6.37. The first-order valence-corrected chi connectivity index (χ1v) is 13.1. The number of hydrogen-bond donors (Lipinski definition) is 1. The first-order chi connectivity index (χ1) is 16.9. The Morgan fingerprint density at radius 1 is 1.03 bits per heavy atom. The molecule has 0 radical (unpaired) electrons. The number of aryl methyl sites for hydroxylation is 1. The minimum atomic E-state index is -3.82. The predicted molar refractivity (Wildman–Crippen MR) is 136 cm³/mol. The number of anilines is 2. The van der Waals surface area contributed by atoms with Crippen molar-refractivity contribution in [3.05, 3.63) is 84.1 Å². The second-order valence-corrected chi connectivity index (χ2v) is 10.2. The zero-order chi connectivity index (χ0) is 24.7. The molecule has 1 N–H and O–H groups in total. The number of ether oxygens (including phenoxy) is 1. The van der Waals surface area contributed by atoms with E-state index in [9.17, 15) is 13.2 Å². The van der Waals surface area contributed by atoms with E-state index in [-0.39, 0.29) is 23.8 Å². The monoisotopic (exact) mass is 494 g/mol. The Morgan fingerprint density at radius 3 is 2.40 bits per heavy atom. The molecule has 0 atom stereocenters. The van der Waals surface area contributed by atoms with E-state index < -0.39 is 10.0 Å². The number of morpholine rings is 1. The number of rotatable bonds is 9. The number of para-hydroxylation sites is 1. The zero-order valence-corrected chi connectivity index (χ0v) is 20.6. The van der Waals surface area contributed by atoms with Crippen LogP contribution in [-0.2, 0) is 26.1 Å². The topological polar surface area (TPSA) is 91.8 Å². The third-order valence-corrected chi connectivity index (χ3v) is 7.67. The van der Waals surface area contributed by atoms with Gasteiger partial charge >= 0.3 is 0 Å². The maximum Gasteiger partial charge on any atom is 0.264 e. The average Bonchev–Trinajstić information content (AvgIpc) is 2.89. The summed E-state index contributed by atoms with van der Waals surface area (Å²) < 4.78 is 33.4. The fourth-order valence-electron chi connectivity index (χ4n) is 3.81. The van der Waals surface area contributed by atoms with E-state index in [1.54, 1.807) is 54.7 Å². The number of nitrogens with zero attached hydrogens (tertiary/aromatic N) is 3. The first kappa shape index (κ1) is 24.7. The van der Waals surface area contributed by atoms with Gasteiger partial charge in [0.1, 0.15) is 5.82 Å². The van der Waals surface area contributed by atoms with Crippen molar-refractivity contribution in [1.29, 1.82) is 0 Å². The molecule has 1 amide bonds. The Hall–Kier alpha value is -3.43. The van der Waals surface area contributed by atoms with Crippen LogP contribution in [-0.4, -0.2) is 52.2 Å². The van der Waals surface area contributed by atoms with Crippen LogP contribution >= 0.6 is 0 Å². The highest BCUT2D eigenvalue weighted by Crippen LogP contribution is 2.24. The van der Waals surface area contributed by atoms with Crippen LogP contribution in [0.4, 0.5) is 11.5 Å². The molecule has 2 aromatic carbocycles. The molecule has 2 heterocycles. The molecule has 1 aliphatic rings. The summed E-state index contributed by atoms with van der Waals surface area (Å²) in [6.07, 6.45) is 1.78. The van der Waals surface area contributed by atoms with Crippen molar-refractivity contribution in [1.82, 2.24) is 10.3 Å². The highest BCUT2D eigenvalue weighted by molar-refractivity contribution is 7.92. The van der Waals surface area contributed by atoms with E-state index >= 15 is 0 Å². The van der Waals surface area contributed by atoms with Gasteiger partial charge in [-0.2, -0.15) is 0 Å². The Kier molecular flexibility index (Phi) is 7.99. The van der Waals surface area contributed by atoms with Gasteiger partial charge in [-0.1, -0.05) is 42.0 Å². The molecule has 0 spiro atoms. The summed E-state index contributed by atoms with van der Waals surface area (Å²) in [5.74, 6) is 0.658. The van der Waals surface area contributed by atoms with Gasteiger partial charge in [0.2, 0.25) is 5.91 Å². The Morgan fingerprint density at radius 2 is 1.74 bits per heavy atom. The quantitative estimate of drug-likeness (QED) is 0.492. The van der Waals surface area contributed by atoms with Gasteiger partial charge in [-0.05, 0) is 42.8 Å². The maximum absolute atomic E-state index is 13.4. The van der Waals surface area contributed by atoms with Gasteiger partial charge in [-0.25, -0.2) is 13.4 Å². The minimum Gasteiger partial charge on any atom is -0.378 e. The van der Waals surface area contributed by atoms with E-state index in [1.165, 1.54) is 4.31 Å². The number of amides is 1. The number of benzene rings is 2. The zero-order valence-electron chi connectivity index (χ0n) is 19.8. The van der Waals surface area contributed by atoms with Gasteiger partial charge in [0, 0.05) is 38.8 Å². The van der Waals surface area contributed by atoms with Gasteiger partial charge in [-0.3, -0.25) is 9.10 Å². The summed E-state index contributed by atoms with van der Waals surface area (Å²) >= 11 is 0. The SMILES string of the molecule is Cc1ccc(S(=O)(=O)N(CCC(=O)NCc2ccc(N3CCOCC3)nc2)c2ccccc2)cc1. The van der Waals surface area contributed by atoms with Crippen molar-refractivity contribution in [2.24, 2.45) is 0 Å². The van der Waals surface area contributed by atoms with Crippen molar-refractivity contribution in [3.8, 4) is 0 Å². The van der Waals surface area contributed by atoms with E-state index in [0.29, 0.717) is 25.4 Å². The molecule has 8 nitrogen and oxygen atoms in total. The molecule has 1 saturated heterocycles. The van der Waals surface area contributed by atoms with Gasteiger partial charge in [0.25, 0.3) is 10.0 Å². The molecular formula is C26H30N4O4S. The van der Waals surface area contributed by atoms with E-state index in [0.717, 1.165) is 30.0 Å². The van der Waals surface area contributed by atoms with E-state index in [2.05, 4.69) is 15.2 Å². The fourth-order valence-corrected chi connectivity index (χ4v) is 5.28. The molecule has 3 aromatic rings. The number of carbonyl (C=O) groups excluding carboxylic acids is 1. The summed E-state index contributed by atoms with van der Waals surface area (Å²) in [5, 5.41) is 2.87. The first-order valence-electron chi connectivity index (χ1n) is 11.6. The number of carbonyl (C=O) groups is 1. The fraction of sp³-hybridized carbons (Fsp3) is 0.308. The van der Waals surface area contributed by atoms with Gasteiger partial charge in [0.15, 0.2) is 0 Å². The third-order valence-electron chi connectivity index (χ3n) is 5.83. The van der Waals surface area contributed by atoms with Crippen molar-refractivity contribution in [2.45, 2.75) is 24.8 Å². The lowest BCUT2D eigenvalue weighted by atomic mass is 10.2. The summed E-state index contributed by atoms with van der Waals surface area (Å²) in [6, 6.07) is 19.4. The highest BCUT2D eigenvalue weighted by atomic mass is 32.2. The number of pyridine rings is 1. The van der Waals surface area contributed by atoms with Crippen LogP contribution in [0, 0.1) is 6.92 Å². The second kappa shape index (κ2) is 11.3. The molecule has 0 bridgehead atoms. The number of hydrogen-bond acceptors (Lipinski definition) is 6. The van der Waals surface area contributed by atoms with Crippen LogP contribution in [0.3, 0.4) is 0 Å². The van der Waals surface area contributed by atoms with Crippen LogP contribution in [0.25, 0.3) is 0 Å². The molecule has 1 fully saturated rings. The predicted octanol–water partition coefficient (Wildman–Crippen LogP) is 3.13. The van der Waals surface area contributed by atoms with Gasteiger partial charge < -0.3 is 15.0 Å². The lowest BCUT2D eigenvalue weighted by molar-refractivity contribution is -0.121. The Labute approximate surface area is 206 Å². The van der Waals surface area contributed by atoms with Crippen molar-refractivity contribution < 1.29 is 17.9 Å². The largest absolute Gasteiger partial charge is 0.378 e. The van der Waals surface area contributed by atoms with Crippen molar-refractivity contribution in [2.75, 3.05) is 42.1 Å². The van der Waals surface area contributed by atoms with Crippen LogP contribution in [0.2, 0.25) is 0 Å². The summed E-state index contributed by atoms with van der Waals surface area (Å²) in [4.78, 5) is 19.5. The van der Waals surface area contributed by atoms with Gasteiger partial charge in [0.05, 0.1) is 23.8 Å². The van der Waals surface area contributed by atoms with Crippen LogP contribution in [0.15, 0.2) is 77.8 Å². The summed E-state index contributed by atoms with van der Waals surface area (Å²) in [7, 11) is -3.82. The lowest BCUT2D eigenvalue weighted by Gasteiger charge is -2.27. The average molecular weight is 495 g/mol. The Balaban J connectivity index is 1.38. The molecule has 1 aromatic heterocycles. The minimum absolute atomic E-state index is 0.0271. The van der Waals surface area contributed by atoms with Crippen molar-refractivity contribution in [3.63, 3.8) is 0 Å². The standard InChI is InChI=1S/C26H30N4O4S/c1-21-7-10-24(11-8-21)35(32,33)30(23-5-3-2-4-6-23)14-13-26(31)28-20-22-9-12-25(27-19-22)29-15-17-34-18-16-29/h2-12,19H,13-18,20H2,1H3,(H,28,31). The number of sulfonamides is 1. The molecule has 0 unspecified atom stereocenters. The molecule has 35 heavy (non-hydrogen) atoms. The second-order valence-electron chi connectivity index (χ2n) is 8.38. The summed E-state index contributed by atoms with van der Waals surface area (Å²) in [5.41, 5.74) is 2.37. The Bertz CT molecular complexity index is 1210. The molecule has 4 rings (SSSR count). The molecule has 0 aliphatic carbocycles. The van der Waals surface area contributed by atoms with E-state index in [1.807, 2.05) is 25.1 Å². The van der Waals surface area contributed by atoms with Gasteiger partial charge in [-0.15, -0.1) is 0 Å². The normalized spacial score (nSPS) is 13.9. The van der Waals surface area contributed by atoms with Crippen molar-refractivity contribution >= 4 is 27.4 Å². The molecular weight excluding hydrogens is 464 g/mol. The van der Waals surface area contributed by atoms with Crippen LogP contribution < -0.4 is 14.5 Å². The molecule has 184 valence electrons. The van der Waals surface area contributed by atoms with Crippen LogP contribution in [0.1, 0.15) is 17.5 Å². The number of nitrogens with one attached hydrogen (secondary N) is 1. The molecule has 1 aliphatic heterocycles. The highest BCUT2D eigenvalue weighted by Gasteiger charge is 2.25. The maximum atomic E-state index is 13.4. The molecule has 0 saturated carbocycles. The number of aromatic nitrogens is 1. The smallest absolute Gasteiger partial charge is 0.264 e. The molecule has 9 heteroatoms. The van der Waals surface area contributed by atoms with E-state index in [4.69, 9.17) is 4.74 Å². The lowest BCUT2D eigenvalue weighted by Crippen LogP contribution is -2.36.